The monoisotopic (exact) mass is 141 g/mol. The van der Waals surface area contributed by atoms with Gasteiger partial charge in [0.25, 0.3) is 0 Å². The number of likely N-dealkylation sites (N-methyl/N-ethyl adjacent to an activating group) is 1. The van der Waals surface area contributed by atoms with E-state index in [0.717, 1.165) is 0 Å². The summed E-state index contributed by atoms with van der Waals surface area (Å²) in [6, 6.07) is 0.281. The van der Waals surface area contributed by atoms with Gasteiger partial charge >= 0.3 is 0 Å². The first-order valence-corrected chi connectivity index (χ1v) is 3.49. The third-order valence-corrected chi connectivity index (χ3v) is 1.43. The summed E-state index contributed by atoms with van der Waals surface area (Å²) in [6.07, 6.45) is 3.32. The van der Waals surface area contributed by atoms with Gasteiger partial charge in [-0.1, -0.05) is 6.08 Å². The maximum absolute atomic E-state index is 11.0. The number of carbonyl (C=O) groups is 1. The van der Waals surface area contributed by atoms with E-state index in [0.29, 0.717) is 0 Å². The molecule has 0 fully saturated rings. The van der Waals surface area contributed by atoms with Gasteiger partial charge < -0.3 is 4.90 Å². The van der Waals surface area contributed by atoms with Crippen LogP contribution in [-0.4, -0.2) is 23.9 Å². The van der Waals surface area contributed by atoms with Crippen LogP contribution in [0.2, 0.25) is 0 Å². The van der Waals surface area contributed by atoms with Gasteiger partial charge in [0.1, 0.15) is 0 Å². The Labute approximate surface area is 62.5 Å². The lowest BCUT2D eigenvalue weighted by molar-refractivity contribution is -0.126. The quantitative estimate of drug-likeness (QED) is 0.533. The van der Waals surface area contributed by atoms with Crippen LogP contribution in [0, 0.1) is 0 Å². The van der Waals surface area contributed by atoms with E-state index in [2.05, 4.69) is 0 Å². The molecule has 0 bridgehead atoms. The summed E-state index contributed by atoms with van der Waals surface area (Å²) in [6.45, 7) is 5.81. The molecule has 0 atom stereocenters. The minimum absolute atomic E-state index is 0.0671. The van der Waals surface area contributed by atoms with Crippen molar-refractivity contribution in [3.05, 3.63) is 12.2 Å². The number of carbonyl (C=O) groups excluding carboxylic acids is 1. The minimum Gasteiger partial charge on any atom is -0.340 e. The van der Waals surface area contributed by atoms with Gasteiger partial charge in [-0.15, -0.1) is 0 Å². The van der Waals surface area contributed by atoms with Crippen molar-refractivity contribution in [2.24, 2.45) is 0 Å². The van der Waals surface area contributed by atoms with Crippen LogP contribution in [0.5, 0.6) is 0 Å². The minimum atomic E-state index is 0.0671. The van der Waals surface area contributed by atoms with Crippen LogP contribution in [-0.2, 0) is 4.79 Å². The predicted octanol–water partition coefficient (Wildman–Crippen LogP) is 1.43. The smallest absolute Gasteiger partial charge is 0.246 e. The first-order valence-electron chi connectivity index (χ1n) is 3.49. The molecule has 0 aliphatic carbocycles. The number of hydrogen-bond donors (Lipinski definition) is 0. The molecule has 0 aliphatic heterocycles. The van der Waals surface area contributed by atoms with E-state index in [1.54, 1.807) is 24.1 Å². The zero-order valence-corrected chi connectivity index (χ0v) is 7.09. The second-order valence-corrected chi connectivity index (χ2v) is 2.54. The average Bonchev–Trinajstić information content (AvgIpc) is 1.87. The Morgan fingerprint density at radius 3 is 2.30 bits per heavy atom. The fourth-order valence-electron chi connectivity index (χ4n) is 0.515. The van der Waals surface area contributed by atoms with Crippen LogP contribution in [0.1, 0.15) is 20.8 Å². The molecule has 1 amide bonds. The van der Waals surface area contributed by atoms with Crippen LogP contribution >= 0.6 is 0 Å². The summed E-state index contributed by atoms with van der Waals surface area (Å²) < 4.78 is 0. The van der Waals surface area contributed by atoms with Gasteiger partial charge in [-0.05, 0) is 26.8 Å². The summed E-state index contributed by atoms with van der Waals surface area (Å²) in [4.78, 5) is 12.7. The molecule has 0 unspecified atom stereocenters. The Hall–Kier alpha value is -0.790. The summed E-state index contributed by atoms with van der Waals surface area (Å²) in [5, 5.41) is 0. The van der Waals surface area contributed by atoms with Crippen molar-refractivity contribution in [1.29, 1.82) is 0 Å². The van der Waals surface area contributed by atoms with E-state index in [4.69, 9.17) is 0 Å². The molecule has 0 spiro atoms. The molecule has 0 N–H and O–H groups in total. The van der Waals surface area contributed by atoms with E-state index >= 15 is 0 Å². The normalized spacial score (nSPS) is 10.9. The highest BCUT2D eigenvalue weighted by molar-refractivity contribution is 5.87. The van der Waals surface area contributed by atoms with Crippen molar-refractivity contribution in [1.82, 2.24) is 4.90 Å². The molecule has 0 aliphatic rings. The molecule has 2 nitrogen and oxygen atoms in total. The number of nitrogens with zero attached hydrogens (tertiary/aromatic N) is 1. The molecular weight excluding hydrogens is 126 g/mol. The maximum Gasteiger partial charge on any atom is 0.246 e. The number of rotatable bonds is 2. The van der Waals surface area contributed by atoms with Crippen molar-refractivity contribution >= 4 is 5.91 Å². The number of hydrogen-bond acceptors (Lipinski definition) is 1. The van der Waals surface area contributed by atoms with Gasteiger partial charge in [0, 0.05) is 13.1 Å². The fraction of sp³-hybridized carbons (Fsp3) is 0.625. The third-order valence-electron chi connectivity index (χ3n) is 1.43. The van der Waals surface area contributed by atoms with Gasteiger partial charge in [0.2, 0.25) is 5.91 Å². The Balaban J connectivity index is 3.95. The molecule has 0 aromatic rings. The molecule has 10 heavy (non-hydrogen) atoms. The average molecular weight is 141 g/mol. The summed E-state index contributed by atoms with van der Waals surface area (Å²) in [7, 11) is 1.80. The first kappa shape index (κ1) is 9.21. The van der Waals surface area contributed by atoms with Crippen LogP contribution in [0.4, 0.5) is 0 Å². The molecular formula is C8H15NO. The van der Waals surface area contributed by atoms with Crippen molar-refractivity contribution in [2.75, 3.05) is 7.05 Å². The zero-order chi connectivity index (χ0) is 8.15. The molecule has 0 saturated heterocycles. The van der Waals surface area contributed by atoms with Crippen LogP contribution in [0.25, 0.3) is 0 Å². The van der Waals surface area contributed by atoms with Gasteiger partial charge in [-0.2, -0.15) is 0 Å². The van der Waals surface area contributed by atoms with E-state index in [9.17, 15) is 4.79 Å². The van der Waals surface area contributed by atoms with Crippen LogP contribution in [0.15, 0.2) is 12.2 Å². The lowest BCUT2D eigenvalue weighted by Gasteiger charge is -2.19. The molecule has 0 rings (SSSR count). The van der Waals surface area contributed by atoms with Crippen LogP contribution < -0.4 is 0 Å². The SMILES string of the molecule is C/C=C/C(=O)N(C)C(C)C. The van der Waals surface area contributed by atoms with Crippen molar-refractivity contribution < 1.29 is 4.79 Å². The lowest BCUT2D eigenvalue weighted by Crippen LogP contribution is -2.31. The fourth-order valence-corrected chi connectivity index (χ4v) is 0.515. The Morgan fingerprint density at radius 2 is 2.00 bits per heavy atom. The van der Waals surface area contributed by atoms with Gasteiger partial charge in [-0.3, -0.25) is 4.79 Å². The van der Waals surface area contributed by atoms with Gasteiger partial charge in [0.15, 0.2) is 0 Å². The summed E-state index contributed by atoms with van der Waals surface area (Å²) in [5.41, 5.74) is 0. The second kappa shape index (κ2) is 4.09. The Morgan fingerprint density at radius 1 is 1.50 bits per heavy atom. The van der Waals surface area contributed by atoms with Crippen molar-refractivity contribution in [3.63, 3.8) is 0 Å². The second-order valence-electron chi connectivity index (χ2n) is 2.54. The third kappa shape index (κ3) is 2.67. The summed E-state index contributed by atoms with van der Waals surface area (Å²) >= 11 is 0. The first-order chi connectivity index (χ1) is 4.59. The topological polar surface area (TPSA) is 20.3 Å². The van der Waals surface area contributed by atoms with Crippen molar-refractivity contribution in [3.8, 4) is 0 Å². The highest BCUT2D eigenvalue weighted by Gasteiger charge is 2.06. The molecule has 0 saturated carbocycles. The highest BCUT2D eigenvalue weighted by Crippen LogP contribution is 1.94. The molecule has 0 aromatic heterocycles. The lowest BCUT2D eigenvalue weighted by atomic mass is 10.3. The number of amides is 1. The van der Waals surface area contributed by atoms with Crippen molar-refractivity contribution in [2.45, 2.75) is 26.8 Å². The van der Waals surface area contributed by atoms with Gasteiger partial charge in [0.05, 0.1) is 0 Å². The Bertz CT molecular complexity index is 138. The summed E-state index contributed by atoms with van der Waals surface area (Å²) in [5.74, 6) is 0.0671. The molecule has 0 aromatic carbocycles. The molecule has 2 heteroatoms. The standard InChI is InChI=1S/C8H15NO/c1-5-6-8(10)9(4)7(2)3/h5-7H,1-4H3/b6-5+. The molecule has 58 valence electrons. The molecule has 0 heterocycles. The predicted molar refractivity (Wildman–Crippen MR) is 42.7 cm³/mol. The zero-order valence-electron chi connectivity index (χ0n) is 7.09. The largest absolute Gasteiger partial charge is 0.340 e. The van der Waals surface area contributed by atoms with Gasteiger partial charge in [-0.25, -0.2) is 0 Å². The maximum atomic E-state index is 11.0. The van der Waals surface area contributed by atoms with E-state index in [1.807, 2.05) is 20.8 Å². The highest BCUT2D eigenvalue weighted by atomic mass is 16.2. The van der Waals surface area contributed by atoms with E-state index in [1.165, 1.54) is 0 Å². The molecule has 0 radical (unpaired) electrons. The van der Waals surface area contributed by atoms with Crippen LogP contribution in [0.3, 0.4) is 0 Å². The van der Waals surface area contributed by atoms with E-state index in [-0.39, 0.29) is 11.9 Å². The van der Waals surface area contributed by atoms with E-state index < -0.39 is 0 Å². The number of allylic oxidation sites excluding steroid dienone is 1. The Kier molecular flexibility index (Phi) is 3.77.